The first kappa shape index (κ1) is 22.1. The van der Waals surface area contributed by atoms with E-state index in [-0.39, 0.29) is 5.91 Å². The van der Waals surface area contributed by atoms with Crippen molar-refractivity contribution in [2.45, 2.75) is 33.2 Å². The fraction of sp³-hybridized carbons (Fsp3) is 0.435. The molecule has 3 rings (SSSR count). The molecule has 1 N–H and O–H groups in total. The van der Waals surface area contributed by atoms with Gasteiger partial charge in [-0.25, -0.2) is 0 Å². The lowest BCUT2D eigenvalue weighted by molar-refractivity contribution is -0.117. The maximum atomic E-state index is 12.7. The lowest BCUT2D eigenvalue weighted by Crippen LogP contribution is -2.48. The predicted molar refractivity (Wildman–Crippen MR) is 122 cm³/mol. The molecule has 2 aromatic carbocycles. The molecule has 1 aliphatic rings. The lowest BCUT2D eigenvalue weighted by Gasteiger charge is -2.34. The molecule has 0 aliphatic carbocycles. The molecule has 4 nitrogen and oxygen atoms in total. The van der Waals surface area contributed by atoms with Crippen LogP contribution in [0.25, 0.3) is 0 Å². The molecule has 1 heterocycles. The summed E-state index contributed by atoms with van der Waals surface area (Å²) in [5, 5.41) is 4.53. The summed E-state index contributed by atoms with van der Waals surface area (Å²) in [5.41, 5.74) is 4.48. The largest absolute Gasteiger partial charge is 0.324 e. The van der Waals surface area contributed by atoms with E-state index in [1.54, 1.807) is 6.07 Å². The summed E-state index contributed by atoms with van der Waals surface area (Å²) in [6.45, 7) is 9.04. The van der Waals surface area contributed by atoms with Crippen LogP contribution in [-0.4, -0.2) is 48.4 Å². The van der Waals surface area contributed by atoms with Crippen LogP contribution in [0.1, 0.15) is 30.5 Å². The molecule has 0 atom stereocenters. The van der Waals surface area contributed by atoms with Gasteiger partial charge in [0.05, 0.1) is 6.54 Å². The Balaban J connectivity index is 1.51. The first-order chi connectivity index (χ1) is 14.0. The minimum absolute atomic E-state index is 0.0646. The second kappa shape index (κ2) is 10.4. The van der Waals surface area contributed by atoms with Gasteiger partial charge in [0.15, 0.2) is 0 Å². The zero-order valence-corrected chi connectivity index (χ0v) is 18.7. The van der Waals surface area contributed by atoms with Gasteiger partial charge in [0, 0.05) is 48.5 Å². The second-order valence-electron chi connectivity index (χ2n) is 7.49. The summed E-state index contributed by atoms with van der Waals surface area (Å²) in [6, 6.07) is 11.9. The highest BCUT2D eigenvalue weighted by Crippen LogP contribution is 2.24. The maximum Gasteiger partial charge on any atom is 0.238 e. The Labute approximate surface area is 183 Å². The fourth-order valence-corrected chi connectivity index (χ4v) is 4.25. The van der Waals surface area contributed by atoms with Crippen LogP contribution in [0.4, 0.5) is 5.69 Å². The van der Waals surface area contributed by atoms with E-state index < -0.39 is 0 Å². The molecule has 0 bridgehead atoms. The van der Waals surface area contributed by atoms with Crippen LogP contribution in [0.3, 0.4) is 0 Å². The number of carbonyl (C=O) groups excluding carboxylic acids is 1. The van der Waals surface area contributed by atoms with Crippen molar-refractivity contribution in [3.63, 3.8) is 0 Å². The number of nitrogens with zero attached hydrogens (tertiary/aromatic N) is 2. The standard InChI is InChI=1S/C23H29Cl2N3O/c1-3-17-6-5-7-18(4-2)23(17)26-22(29)16-28-12-10-27(11-13-28)15-19-8-9-20(24)14-21(19)25/h5-9,14H,3-4,10-13,15-16H2,1-2H3,(H,26,29). The number of piperazine rings is 1. The van der Waals surface area contributed by atoms with Crippen molar-refractivity contribution < 1.29 is 4.79 Å². The number of rotatable bonds is 7. The number of amides is 1. The minimum atomic E-state index is 0.0646. The Bertz CT molecular complexity index is 826. The van der Waals surface area contributed by atoms with E-state index in [0.29, 0.717) is 16.6 Å². The summed E-state index contributed by atoms with van der Waals surface area (Å²) in [5.74, 6) is 0.0646. The molecular weight excluding hydrogens is 405 g/mol. The van der Waals surface area contributed by atoms with Crippen molar-refractivity contribution in [1.29, 1.82) is 0 Å². The SMILES string of the molecule is CCc1cccc(CC)c1NC(=O)CN1CCN(Cc2ccc(Cl)cc2Cl)CC1. The molecule has 1 saturated heterocycles. The van der Waals surface area contributed by atoms with Crippen LogP contribution in [0, 0.1) is 0 Å². The summed E-state index contributed by atoms with van der Waals surface area (Å²) in [7, 11) is 0. The highest BCUT2D eigenvalue weighted by molar-refractivity contribution is 6.35. The zero-order valence-electron chi connectivity index (χ0n) is 17.2. The number of aryl methyl sites for hydroxylation is 2. The number of hydrogen-bond acceptors (Lipinski definition) is 3. The molecule has 2 aromatic rings. The van der Waals surface area contributed by atoms with Gasteiger partial charge in [-0.1, -0.05) is 61.3 Å². The lowest BCUT2D eigenvalue weighted by atomic mass is 10.0. The van der Waals surface area contributed by atoms with Gasteiger partial charge >= 0.3 is 0 Å². The van der Waals surface area contributed by atoms with Crippen molar-refractivity contribution in [3.05, 3.63) is 63.1 Å². The molecule has 0 saturated carbocycles. The average molecular weight is 434 g/mol. The third-order valence-electron chi connectivity index (χ3n) is 5.50. The molecule has 1 aliphatic heterocycles. The van der Waals surface area contributed by atoms with E-state index in [1.165, 1.54) is 11.1 Å². The van der Waals surface area contributed by atoms with E-state index in [1.807, 2.05) is 12.1 Å². The van der Waals surface area contributed by atoms with E-state index >= 15 is 0 Å². The maximum absolute atomic E-state index is 12.7. The van der Waals surface area contributed by atoms with Crippen LogP contribution in [-0.2, 0) is 24.2 Å². The summed E-state index contributed by atoms with van der Waals surface area (Å²) in [4.78, 5) is 17.3. The van der Waals surface area contributed by atoms with Gasteiger partial charge in [0.2, 0.25) is 5.91 Å². The number of anilines is 1. The molecule has 156 valence electrons. The highest BCUT2D eigenvalue weighted by Gasteiger charge is 2.20. The molecule has 6 heteroatoms. The Morgan fingerprint density at radius 3 is 2.14 bits per heavy atom. The summed E-state index contributed by atoms with van der Waals surface area (Å²) < 4.78 is 0. The summed E-state index contributed by atoms with van der Waals surface area (Å²) in [6.07, 6.45) is 1.82. The third kappa shape index (κ3) is 5.95. The van der Waals surface area contributed by atoms with E-state index in [2.05, 4.69) is 47.2 Å². The van der Waals surface area contributed by atoms with E-state index in [0.717, 1.165) is 56.8 Å². The Kier molecular flexibility index (Phi) is 7.96. The number of benzene rings is 2. The first-order valence-corrected chi connectivity index (χ1v) is 11.0. The number of nitrogens with one attached hydrogen (secondary N) is 1. The Morgan fingerprint density at radius 2 is 1.55 bits per heavy atom. The smallest absolute Gasteiger partial charge is 0.238 e. The normalized spacial score (nSPS) is 15.4. The van der Waals surface area contributed by atoms with E-state index in [9.17, 15) is 4.79 Å². The number of para-hydroxylation sites is 1. The first-order valence-electron chi connectivity index (χ1n) is 10.3. The highest BCUT2D eigenvalue weighted by atomic mass is 35.5. The van der Waals surface area contributed by atoms with E-state index in [4.69, 9.17) is 23.2 Å². The summed E-state index contributed by atoms with van der Waals surface area (Å²) >= 11 is 12.3. The average Bonchev–Trinajstić information content (AvgIpc) is 2.71. The zero-order chi connectivity index (χ0) is 20.8. The monoisotopic (exact) mass is 433 g/mol. The van der Waals surface area contributed by atoms with Crippen molar-refractivity contribution in [3.8, 4) is 0 Å². The van der Waals surface area contributed by atoms with Gasteiger partial charge in [-0.05, 0) is 41.7 Å². The molecule has 1 amide bonds. The van der Waals surface area contributed by atoms with Gasteiger partial charge < -0.3 is 5.32 Å². The van der Waals surface area contributed by atoms with Gasteiger partial charge in [-0.2, -0.15) is 0 Å². The predicted octanol–water partition coefficient (Wildman–Crippen LogP) is 4.87. The molecule has 0 aromatic heterocycles. The molecule has 0 radical (unpaired) electrons. The van der Waals surface area contributed by atoms with Gasteiger partial charge in [-0.15, -0.1) is 0 Å². The topological polar surface area (TPSA) is 35.6 Å². The number of halogens is 2. The number of hydrogen-bond donors (Lipinski definition) is 1. The quantitative estimate of drug-likeness (QED) is 0.675. The van der Waals surface area contributed by atoms with Crippen molar-refractivity contribution >= 4 is 34.8 Å². The van der Waals surface area contributed by atoms with Crippen LogP contribution >= 0.6 is 23.2 Å². The van der Waals surface area contributed by atoms with Crippen molar-refractivity contribution in [2.75, 3.05) is 38.0 Å². The van der Waals surface area contributed by atoms with Crippen molar-refractivity contribution in [2.24, 2.45) is 0 Å². The van der Waals surface area contributed by atoms with Gasteiger partial charge in [-0.3, -0.25) is 14.6 Å². The molecule has 1 fully saturated rings. The van der Waals surface area contributed by atoms with Crippen molar-refractivity contribution in [1.82, 2.24) is 9.80 Å². The molecular formula is C23H29Cl2N3O. The van der Waals surface area contributed by atoms with Crippen LogP contribution in [0.5, 0.6) is 0 Å². The van der Waals surface area contributed by atoms with Gasteiger partial charge in [0.1, 0.15) is 0 Å². The second-order valence-corrected chi connectivity index (χ2v) is 8.34. The van der Waals surface area contributed by atoms with Crippen LogP contribution in [0.15, 0.2) is 36.4 Å². The molecule has 29 heavy (non-hydrogen) atoms. The molecule has 0 unspecified atom stereocenters. The fourth-order valence-electron chi connectivity index (χ4n) is 3.78. The molecule has 0 spiro atoms. The Hall–Kier alpha value is -1.59. The number of carbonyl (C=O) groups is 1. The van der Waals surface area contributed by atoms with Gasteiger partial charge in [0.25, 0.3) is 0 Å². The van der Waals surface area contributed by atoms with Crippen LogP contribution in [0.2, 0.25) is 10.0 Å². The minimum Gasteiger partial charge on any atom is -0.324 e. The van der Waals surface area contributed by atoms with Crippen LogP contribution < -0.4 is 5.32 Å². The Morgan fingerprint density at radius 1 is 0.931 bits per heavy atom. The third-order valence-corrected chi connectivity index (χ3v) is 6.09.